The summed E-state index contributed by atoms with van der Waals surface area (Å²) in [5, 5.41) is 11.8. The van der Waals surface area contributed by atoms with Gasteiger partial charge in [-0.15, -0.1) is 11.3 Å². The number of rotatable bonds is 3. The van der Waals surface area contributed by atoms with Gasteiger partial charge in [0.05, 0.1) is 11.2 Å². The number of anilines is 2. The second kappa shape index (κ2) is 6.66. The van der Waals surface area contributed by atoms with Gasteiger partial charge in [-0.05, 0) is 62.1 Å². The Morgan fingerprint density at radius 1 is 0.897 bits per heavy atom. The highest BCUT2D eigenvalue weighted by atomic mass is 32.1. The third-order valence-electron chi connectivity index (χ3n) is 6.19. The highest BCUT2D eigenvalue weighted by molar-refractivity contribution is 7.12. The molecule has 0 aliphatic carbocycles. The van der Waals surface area contributed by atoms with E-state index in [2.05, 4.69) is 98.0 Å². The summed E-state index contributed by atoms with van der Waals surface area (Å²) >= 11 is 1.70. The Hall–Kier alpha value is -2.21. The van der Waals surface area contributed by atoms with Gasteiger partial charge in [-0.3, -0.25) is 0 Å². The summed E-state index contributed by atoms with van der Waals surface area (Å²) in [6, 6.07) is 16.9. The van der Waals surface area contributed by atoms with Crippen LogP contribution in [0.1, 0.15) is 32.6 Å². The van der Waals surface area contributed by atoms with Crippen LogP contribution in [-0.4, -0.2) is 25.3 Å². The van der Waals surface area contributed by atoms with Crippen LogP contribution in [0.5, 0.6) is 0 Å². The molecule has 1 aromatic heterocycles. The molecule has 2 aromatic carbocycles. The first-order valence-electron chi connectivity index (χ1n) is 10.0. The van der Waals surface area contributed by atoms with Crippen LogP contribution in [0.4, 0.5) is 11.4 Å². The summed E-state index contributed by atoms with van der Waals surface area (Å²) in [6.07, 6.45) is 0. The molecule has 1 saturated heterocycles. The van der Waals surface area contributed by atoms with Crippen LogP contribution in [0, 0.1) is 0 Å². The average Bonchev–Trinajstić information content (AvgIpc) is 3.26. The number of hydrogen-bond donors (Lipinski definition) is 2. The van der Waals surface area contributed by atoms with Crippen LogP contribution in [0.25, 0.3) is 16.2 Å². The van der Waals surface area contributed by atoms with E-state index in [0.29, 0.717) is 0 Å². The van der Waals surface area contributed by atoms with E-state index in [9.17, 15) is 0 Å². The van der Waals surface area contributed by atoms with Crippen molar-refractivity contribution in [3.05, 3.63) is 64.8 Å². The van der Waals surface area contributed by atoms with E-state index < -0.39 is 7.12 Å². The summed E-state index contributed by atoms with van der Waals surface area (Å²) in [7, 11) is -0.407. The first kappa shape index (κ1) is 18.8. The van der Waals surface area contributed by atoms with Crippen LogP contribution >= 0.6 is 11.3 Å². The molecule has 1 fully saturated rings. The standard InChI is InChI=1S/C22H24B2N2O2S/c1-21(2)22(3,4)28-24(27-21)16(19-12-7-13-29-19)14-23-25-17-10-5-8-15-9-6-11-18(26-23)20(15)17/h5-14,25-26H,1-4H3/b16-14-. The van der Waals surface area contributed by atoms with Crippen molar-refractivity contribution in [3.8, 4) is 0 Å². The van der Waals surface area contributed by atoms with Gasteiger partial charge in [0.15, 0.2) is 0 Å². The van der Waals surface area contributed by atoms with Gasteiger partial charge in [-0.25, -0.2) is 0 Å². The summed E-state index contributed by atoms with van der Waals surface area (Å²) in [5.41, 5.74) is 2.57. The molecule has 3 aromatic rings. The molecular formula is C22H24B2N2O2S. The topological polar surface area (TPSA) is 42.5 Å². The summed E-state index contributed by atoms with van der Waals surface area (Å²) < 4.78 is 12.8. The normalized spacial score (nSPS) is 19.9. The van der Waals surface area contributed by atoms with Crippen molar-refractivity contribution in [3.63, 3.8) is 0 Å². The molecule has 0 unspecified atom stereocenters. The Labute approximate surface area is 176 Å². The van der Waals surface area contributed by atoms with Crippen molar-refractivity contribution in [1.29, 1.82) is 0 Å². The molecule has 146 valence electrons. The lowest BCUT2D eigenvalue weighted by Gasteiger charge is -2.32. The maximum absolute atomic E-state index is 6.38. The van der Waals surface area contributed by atoms with Crippen LogP contribution in [0.15, 0.2) is 59.9 Å². The Morgan fingerprint density at radius 2 is 1.52 bits per heavy atom. The lowest BCUT2D eigenvalue weighted by molar-refractivity contribution is 0.00578. The van der Waals surface area contributed by atoms with Gasteiger partial charge in [0.1, 0.15) is 0 Å². The maximum Gasteiger partial charge on any atom is 0.495 e. The predicted molar refractivity (Wildman–Crippen MR) is 125 cm³/mol. The molecule has 0 spiro atoms. The third kappa shape index (κ3) is 3.18. The molecular weight excluding hydrogens is 378 g/mol. The summed E-state index contributed by atoms with van der Waals surface area (Å²) in [6.45, 7) is 8.30. The fraction of sp³-hybridized carbons (Fsp3) is 0.273. The monoisotopic (exact) mass is 402 g/mol. The number of benzene rings is 2. The van der Waals surface area contributed by atoms with Crippen molar-refractivity contribution in [2.45, 2.75) is 38.9 Å². The van der Waals surface area contributed by atoms with E-state index in [1.165, 1.54) is 10.8 Å². The van der Waals surface area contributed by atoms with Crippen LogP contribution in [0.2, 0.25) is 0 Å². The zero-order chi connectivity index (χ0) is 20.2. The molecule has 4 nitrogen and oxygen atoms in total. The molecule has 0 radical (unpaired) electrons. The smallest absolute Gasteiger partial charge is 0.405 e. The molecule has 0 atom stereocenters. The molecule has 0 bridgehead atoms. The van der Waals surface area contributed by atoms with E-state index in [1.807, 2.05) is 0 Å². The van der Waals surface area contributed by atoms with E-state index >= 15 is 0 Å². The van der Waals surface area contributed by atoms with Crippen molar-refractivity contribution in [1.82, 2.24) is 0 Å². The van der Waals surface area contributed by atoms with Gasteiger partial charge >= 0.3 is 14.1 Å². The number of hydrogen-bond acceptors (Lipinski definition) is 5. The SMILES string of the molecule is CC1(C)OB(/C(=C\B2Nc3cccc4cccc(c34)N2)c2cccs2)OC1(C)C. The zero-order valence-corrected chi connectivity index (χ0v) is 18.0. The maximum atomic E-state index is 6.38. The predicted octanol–water partition coefficient (Wildman–Crippen LogP) is 5.48. The van der Waals surface area contributed by atoms with Crippen molar-refractivity contribution in [2.24, 2.45) is 0 Å². The number of nitrogens with one attached hydrogen (secondary N) is 2. The first-order chi connectivity index (χ1) is 13.8. The molecule has 2 N–H and O–H groups in total. The van der Waals surface area contributed by atoms with E-state index in [0.717, 1.165) is 21.7 Å². The van der Waals surface area contributed by atoms with Crippen molar-refractivity contribution < 1.29 is 9.31 Å². The van der Waals surface area contributed by atoms with E-state index in [-0.39, 0.29) is 18.2 Å². The van der Waals surface area contributed by atoms with Gasteiger partial charge in [0, 0.05) is 21.6 Å². The largest absolute Gasteiger partial charge is 0.495 e. The molecule has 3 heterocycles. The average molecular weight is 402 g/mol. The Balaban J connectivity index is 1.53. The minimum atomic E-state index is -0.407. The van der Waals surface area contributed by atoms with Crippen molar-refractivity contribution >= 4 is 53.1 Å². The van der Waals surface area contributed by atoms with Crippen LogP contribution in [0.3, 0.4) is 0 Å². The fourth-order valence-corrected chi connectivity index (χ4v) is 4.67. The van der Waals surface area contributed by atoms with E-state index in [1.54, 1.807) is 11.3 Å². The van der Waals surface area contributed by atoms with Gasteiger partial charge in [0.25, 0.3) is 0 Å². The highest BCUT2D eigenvalue weighted by Gasteiger charge is 2.52. The van der Waals surface area contributed by atoms with Gasteiger partial charge in [0.2, 0.25) is 0 Å². The molecule has 7 heteroatoms. The summed E-state index contributed by atoms with van der Waals surface area (Å²) in [5.74, 6) is 2.20. The number of thiophene rings is 1. The van der Waals surface area contributed by atoms with E-state index in [4.69, 9.17) is 9.31 Å². The fourth-order valence-electron chi connectivity index (χ4n) is 3.91. The highest BCUT2D eigenvalue weighted by Crippen LogP contribution is 2.42. The molecule has 0 saturated carbocycles. The lowest BCUT2D eigenvalue weighted by atomic mass is 9.64. The zero-order valence-electron chi connectivity index (χ0n) is 17.2. The van der Waals surface area contributed by atoms with Crippen LogP contribution in [-0.2, 0) is 9.31 Å². The van der Waals surface area contributed by atoms with Gasteiger partial charge in [-0.2, -0.15) is 0 Å². The molecule has 5 rings (SSSR count). The third-order valence-corrected chi connectivity index (χ3v) is 7.10. The quantitative estimate of drug-likeness (QED) is 0.570. The molecule has 29 heavy (non-hydrogen) atoms. The molecule has 0 amide bonds. The second-order valence-electron chi connectivity index (χ2n) is 8.66. The van der Waals surface area contributed by atoms with Crippen LogP contribution < -0.4 is 10.5 Å². The minimum Gasteiger partial charge on any atom is -0.405 e. The summed E-state index contributed by atoms with van der Waals surface area (Å²) in [4.78, 5) is 1.16. The van der Waals surface area contributed by atoms with Crippen molar-refractivity contribution in [2.75, 3.05) is 10.5 Å². The lowest BCUT2D eigenvalue weighted by Crippen LogP contribution is -2.41. The Morgan fingerprint density at radius 3 is 2.07 bits per heavy atom. The molecule has 2 aliphatic rings. The Bertz CT molecular complexity index is 1040. The van der Waals surface area contributed by atoms with Gasteiger partial charge < -0.3 is 19.8 Å². The first-order valence-corrected chi connectivity index (χ1v) is 10.9. The second-order valence-corrected chi connectivity index (χ2v) is 9.61. The molecule has 2 aliphatic heterocycles. The minimum absolute atomic E-state index is 0.0633. The van der Waals surface area contributed by atoms with Gasteiger partial charge in [-0.1, -0.05) is 36.3 Å². The Kier molecular flexibility index (Phi) is 4.32.